The van der Waals surface area contributed by atoms with Crippen molar-refractivity contribution in [2.45, 2.75) is 81.5 Å². The molecule has 0 aromatic carbocycles. The molecule has 162 valence electrons. The van der Waals surface area contributed by atoms with Crippen LogP contribution in [0.15, 0.2) is 29.7 Å². The van der Waals surface area contributed by atoms with E-state index >= 15 is 0 Å². The van der Waals surface area contributed by atoms with Crippen LogP contribution >= 0.6 is 0 Å². The summed E-state index contributed by atoms with van der Waals surface area (Å²) in [5.41, 5.74) is 10.9. The summed E-state index contributed by atoms with van der Waals surface area (Å²) in [6.45, 7) is 1.08. The topological polar surface area (TPSA) is 124 Å². The fourth-order valence-electron chi connectivity index (χ4n) is 6.03. The number of nitrogens with two attached hydrogens (primary N) is 2. The summed E-state index contributed by atoms with van der Waals surface area (Å²) in [5, 5.41) is 8.92. The van der Waals surface area contributed by atoms with Gasteiger partial charge in [-0.05, 0) is 57.1 Å². The number of hydrogen-bond acceptors (Lipinski definition) is 8. The number of allylic oxidation sites excluding steroid dienone is 1. The lowest BCUT2D eigenvalue weighted by Gasteiger charge is -2.37. The van der Waals surface area contributed by atoms with Crippen molar-refractivity contribution in [2.24, 2.45) is 11.6 Å². The highest BCUT2D eigenvalue weighted by molar-refractivity contribution is 5.87. The van der Waals surface area contributed by atoms with Crippen molar-refractivity contribution in [1.82, 2.24) is 25.3 Å². The van der Waals surface area contributed by atoms with E-state index in [4.69, 9.17) is 16.3 Å². The Hall–Kier alpha value is -2.39. The second-order valence-electron chi connectivity index (χ2n) is 9.06. The molecule has 0 radical (unpaired) electrons. The summed E-state index contributed by atoms with van der Waals surface area (Å²) >= 11 is 0. The molecular weight excluding hydrogens is 382 g/mol. The molecule has 9 heteroatoms. The van der Waals surface area contributed by atoms with Crippen LogP contribution in [-0.2, 0) is 16.0 Å². The number of hydrazine groups is 1. The van der Waals surface area contributed by atoms with Crippen molar-refractivity contribution in [3.8, 4) is 0 Å². The van der Waals surface area contributed by atoms with Gasteiger partial charge in [0.15, 0.2) is 5.60 Å². The molecule has 1 saturated carbocycles. The summed E-state index contributed by atoms with van der Waals surface area (Å²) in [6.07, 6.45) is 14.3. The fourth-order valence-corrected chi connectivity index (χ4v) is 6.03. The SMILES string of the molecule is NN/C=C(\N)CCCCc1cn(C2CC3=CC(=O)OC34CC2N2CCCCC24)nn1. The molecule has 9 nitrogen and oxygen atoms in total. The number of piperidine rings is 1. The molecule has 3 fully saturated rings. The minimum absolute atomic E-state index is 0.172. The molecule has 4 aliphatic rings. The van der Waals surface area contributed by atoms with E-state index in [9.17, 15) is 4.79 Å². The summed E-state index contributed by atoms with van der Waals surface area (Å²) in [7, 11) is 0. The Morgan fingerprint density at radius 2 is 2.27 bits per heavy atom. The van der Waals surface area contributed by atoms with Gasteiger partial charge in [-0.1, -0.05) is 11.6 Å². The zero-order valence-corrected chi connectivity index (χ0v) is 17.3. The summed E-state index contributed by atoms with van der Waals surface area (Å²) < 4.78 is 8.00. The molecule has 1 aromatic heterocycles. The molecule has 0 amide bonds. The zero-order chi connectivity index (χ0) is 20.7. The van der Waals surface area contributed by atoms with Crippen molar-refractivity contribution < 1.29 is 9.53 Å². The van der Waals surface area contributed by atoms with E-state index in [2.05, 4.69) is 26.8 Å². The number of fused-ring (bicyclic) bond motifs is 3. The Kier molecular flexibility index (Phi) is 5.02. The fraction of sp³-hybridized carbons (Fsp3) is 0.667. The van der Waals surface area contributed by atoms with E-state index in [-0.39, 0.29) is 17.6 Å². The smallest absolute Gasteiger partial charge is 0.331 e. The van der Waals surface area contributed by atoms with E-state index in [1.165, 1.54) is 12.8 Å². The highest BCUT2D eigenvalue weighted by Crippen LogP contribution is 2.56. The molecule has 4 unspecified atom stereocenters. The van der Waals surface area contributed by atoms with Crippen molar-refractivity contribution in [2.75, 3.05) is 6.54 Å². The normalized spacial score (nSPS) is 33.1. The van der Waals surface area contributed by atoms with Gasteiger partial charge in [0.25, 0.3) is 0 Å². The zero-order valence-electron chi connectivity index (χ0n) is 17.3. The predicted octanol–water partition coefficient (Wildman–Crippen LogP) is 1.05. The van der Waals surface area contributed by atoms with E-state index < -0.39 is 0 Å². The van der Waals surface area contributed by atoms with E-state index in [1.54, 1.807) is 12.3 Å². The van der Waals surface area contributed by atoms with Gasteiger partial charge in [-0.15, -0.1) is 5.10 Å². The molecule has 4 heterocycles. The minimum atomic E-state index is -0.381. The Bertz CT molecular complexity index is 878. The summed E-state index contributed by atoms with van der Waals surface area (Å²) in [5.74, 6) is 5.07. The Labute approximate surface area is 176 Å². The monoisotopic (exact) mass is 413 g/mol. The van der Waals surface area contributed by atoms with Gasteiger partial charge >= 0.3 is 5.97 Å². The minimum Gasteiger partial charge on any atom is -0.450 e. The average Bonchev–Trinajstić information content (AvgIpc) is 3.41. The third kappa shape index (κ3) is 3.20. The van der Waals surface area contributed by atoms with E-state index in [0.717, 1.165) is 68.5 Å². The average molecular weight is 414 g/mol. The number of rotatable bonds is 7. The van der Waals surface area contributed by atoms with Gasteiger partial charge < -0.3 is 15.9 Å². The van der Waals surface area contributed by atoms with Gasteiger partial charge in [0, 0.05) is 36.6 Å². The number of hydrogen-bond donors (Lipinski definition) is 3. The number of nitrogens with one attached hydrogen (secondary N) is 1. The molecule has 4 atom stereocenters. The highest BCUT2D eigenvalue weighted by atomic mass is 16.6. The lowest BCUT2D eigenvalue weighted by molar-refractivity contribution is -0.148. The number of ether oxygens (including phenoxy) is 1. The quantitative estimate of drug-likeness (QED) is 0.262. The van der Waals surface area contributed by atoms with Crippen LogP contribution in [0.3, 0.4) is 0 Å². The van der Waals surface area contributed by atoms with Crippen molar-refractivity contribution in [3.05, 3.63) is 35.4 Å². The number of aryl methyl sites for hydroxylation is 1. The maximum atomic E-state index is 12.2. The van der Waals surface area contributed by atoms with Crippen LogP contribution in [0.1, 0.15) is 63.1 Å². The Balaban J connectivity index is 1.29. The predicted molar refractivity (Wildman–Crippen MR) is 110 cm³/mol. The van der Waals surface area contributed by atoms with Crippen LogP contribution in [0, 0.1) is 0 Å². The third-order valence-corrected chi connectivity index (χ3v) is 7.33. The van der Waals surface area contributed by atoms with Gasteiger partial charge in [0.1, 0.15) is 0 Å². The molecule has 5 N–H and O–H groups in total. The number of aromatic nitrogens is 3. The number of esters is 1. The van der Waals surface area contributed by atoms with Crippen LogP contribution in [0.2, 0.25) is 0 Å². The molecule has 5 rings (SSSR count). The number of unbranched alkanes of at least 4 members (excludes halogenated alkanes) is 1. The van der Waals surface area contributed by atoms with E-state index in [0.29, 0.717) is 12.1 Å². The van der Waals surface area contributed by atoms with Crippen LogP contribution in [0.4, 0.5) is 0 Å². The molecule has 30 heavy (non-hydrogen) atoms. The number of carbonyl (C=O) groups is 1. The molecular formula is C21H31N7O2. The molecule has 1 aliphatic carbocycles. The maximum Gasteiger partial charge on any atom is 0.331 e. The number of carbonyl (C=O) groups excluding carboxylic acids is 1. The van der Waals surface area contributed by atoms with Crippen LogP contribution < -0.4 is 17.0 Å². The Morgan fingerprint density at radius 3 is 3.13 bits per heavy atom. The van der Waals surface area contributed by atoms with Crippen molar-refractivity contribution >= 4 is 5.97 Å². The first-order valence-corrected chi connectivity index (χ1v) is 11.1. The molecule has 2 bridgehead atoms. The first kappa shape index (κ1) is 19.6. The Morgan fingerprint density at radius 1 is 1.37 bits per heavy atom. The lowest BCUT2D eigenvalue weighted by Crippen LogP contribution is -2.48. The third-order valence-electron chi connectivity index (χ3n) is 7.33. The first-order valence-electron chi connectivity index (χ1n) is 11.1. The van der Waals surface area contributed by atoms with Crippen LogP contribution in [0.5, 0.6) is 0 Å². The standard InChI is InChI=1S/C21H31N7O2/c22-15(12-24-23)5-1-2-6-16-13-28(26-25-16)17-9-14-10-20(29)30-21(14)11-18(17)27-8-4-3-7-19(21)27/h10,12-13,17-19,24H,1-9,11,22-23H2/b15-12-. The van der Waals surface area contributed by atoms with Gasteiger partial charge in [-0.25, -0.2) is 9.48 Å². The lowest BCUT2D eigenvalue weighted by atomic mass is 9.75. The highest BCUT2D eigenvalue weighted by Gasteiger charge is 2.64. The van der Waals surface area contributed by atoms with Gasteiger partial charge in [0.2, 0.25) is 0 Å². The van der Waals surface area contributed by atoms with Crippen LogP contribution in [-0.4, -0.2) is 50.1 Å². The van der Waals surface area contributed by atoms with E-state index in [1.807, 2.05) is 4.68 Å². The van der Waals surface area contributed by atoms with Gasteiger partial charge in [0.05, 0.1) is 17.8 Å². The number of nitrogens with zero attached hydrogens (tertiary/aromatic N) is 4. The first-order chi connectivity index (χ1) is 14.6. The molecule has 2 saturated heterocycles. The van der Waals surface area contributed by atoms with Crippen molar-refractivity contribution in [3.63, 3.8) is 0 Å². The second-order valence-corrected chi connectivity index (χ2v) is 9.06. The maximum absolute atomic E-state index is 12.2. The largest absolute Gasteiger partial charge is 0.450 e. The molecule has 3 aliphatic heterocycles. The molecule has 1 spiro atoms. The van der Waals surface area contributed by atoms with Crippen molar-refractivity contribution in [1.29, 1.82) is 0 Å². The second kappa shape index (κ2) is 7.70. The van der Waals surface area contributed by atoms with Gasteiger partial charge in [-0.3, -0.25) is 10.7 Å². The summed E-state index contributed by atoms with van der Waals surface area (Å²) in [4.78, 5) is 14.8. The molecule has 1 aromatic rings. The van der Waals surface area contributed by atoms with Gasteiger partial charge in [-0.2, -0.15) is 0 Å². The van der Waals surface area contributed by atoms with Crippen LogP contribution in [0.25, 0.3) is 0 Å². The summed E-state index contributed by atoms with van der Waals surface area (Å²) in [6, 6.07) is 0.877.